The number of aryl methyl sites for hydroxylation is 1. The van der Waals surface area contributed by atoms with Gasteiger partial charge in [0.25, 0.3) is 0 Å². The predicted octanol–water partition coefficient (Wildman–Crippen LogP) is 5.34. The summed E-state index contributed by atoms with van der Waals surface area (Å²) in [6, 6.07) is 3.00. The van der Waals surface area contributed by atoms with Crippen molar-refractivity contribution in [2.24, 2.45) is 0 Å². The second-order valence-electron chi connectivity index (χ2n) is 7.59. The Bertz CT molecular complexity index is 898. The van der Waals surface area contributed by atoms with Crippen LogP contribution in [0, 0.1) is 13.8 Å². The standard InChI is InChI=1S/C20H26F3N5O/c1-12(2)28-14(4)18(13(3)26-28)25-19(29)24-16-11-15(20(21,22)23)7-8-17(16)27-9-5-6-10-27/h7-8,11-12H,5-6,9-10H2,1-4H3,(H2,24,25,29). The molecular formula is C20H26F3N5O. The van der Waals surface area contributed by atoms with Gasteiger partial charge in [-0.3, -0.25) is 4.68 Å². The van der Waals surface area contributed by atoms with Crippen molar-refractivity contribution >= 4 is 23.1 Å². The Balaban J connectivity index is 1.87. The molecule has 1 aliphatic heterocycles. The van der Waals surface area contributed by atoms with E-state index in [2.05, 4.69) is 15.7 Å². The number of urea groups is 1. The van der Waals surface area contributed by atoms with E-state index in [0.29, 0.717) is 17.1 Å². The molecule has 3 rings (SSSR count). The van der Waals surface area contributed by atoms with E-state index in [0.717, 1.165) is 43.8 Å². The molecule has 1 aliphatic rings. The number of halogens is 3. The molecule has 0 spiro atoms. The quantitative estimate of drug-likeness (QED) is 0.716. The maximum absolute atomic E-state index is 13.2. The normalized spacial score (nSPS) is 14.6. The van der Waals surface area contributed by atoms with Crippen LogP contribution >= 0.6 is 0 Å². The van der Waals surface area contributed by atoms with Crippen molar-refractivity contribution in [3.05, 3.63) is 35.2 Å². The Morgan fingerprint density at radius 2 is 1.79 bits per heavy atom. The lowest BCUT2D eigenvalue weighted by atomic mass is 10.1. The monoisotopic (exact) mass is 409 g/mol. The van der Waals surface area contributed by atoms with Gasteiger partial charge in [-0.1, -0.05) is 0 Å². The summed E-state index contributed by atoms with van der Waals surface area (Å²) in [5, 5.41) is 9.77. The van der Waals surface area contributed by atoms with E-state index in [1.54, 1.807) is 11.6 Å². The van der Waals surface area contributed by atoms with Crippen molar-refractivity contribution < 1.29 is 18.0 Å². The van der Waals surface area contributed by atoms with Crippen LogP contribution in [0.3, 0.4) is 0 Å². The molecule has 2 heterocycles. The number of aromatic nitrogens is 2. The highest BCUT2D eigenvalue weighted by Gasteiger charge is 2.32. The molecule has 1 fully saturated rings. The zero-order chi connectivity index (χ0) is 21.3. The summed E-state index contributed by atoms with van der Waals surface area (Å²) in [5.74, 6) is 0. The van der Waals surface area contributed by atoms with Crippen LogP contribution in [0.15, 0.2) is 18.2 Å². The Morgan fingerprint density at radius 3 is 2.34 bits per heavy atom. The molecule has 158 valence electrons. The number of hydrogen-bond acceptors (Lipinski definition) is 3. The second kappa shape index (κ2) is 7.96. The molecule has 6 nitrogen and oxygen atoms in total. The minimum Gasteiger partial charge on any atom is -0.370 e. The van der Waals surface area contributed by atoms with E-state index < -0.39 is 17.8 Å². The van der Waals surface area contributed by atoms with Gasteiger partial charge in [-0.2, -0.15) is 18.3 Å². The highest BCUT2D eigenvalue weighted by atomic mass is 19.4. The number of benzene rings is 1. The maximum Gasteiger partial charge on any atom is 0.416 e. The van der Waals surface area contributed by atoms with Crippen molar-refractivity contribution in [2.45, 2.75) is 52.8 Å². The molecule has 2 aromatic rings. The number of anilines is 3. The molecule has 29 heavy (non-hydrogen) atoms. The van der Waals surface area contributed by atoms with Gasteiger partial charge in [0, 0.05) is 19.1 Å². The van der Waals surface area contributed by atoms with Crippen LogP contribution in [0.1, 0.15) is 49.7 Å². The van der Waals surface area contributed by atoms with E-state index >= 15 is 0 Å². The average molecular weight is 409 g/mol. The van der Waals surface area contributed by atoms with E-state index in [1.807, 2.05) is 25.7 Å². The zero-order valence-electron chi connectivity index (χ0n) is 17.0. The first kappa shape index (κ1) is 21.0. The van der Waals surface area contributed by atoms with Gasteiger partial charge in [-0.15, -0.1) is 0 Å². The topological polar surface area (TPSA) is 62.2 Å². The summed E-state index contributed by atoms with van der Waals surface area (Å²) in [6.45, 7) is 9.08. The molecule has 2 N–H and O–H groups in total. The first-order chi connectivity index (χ1) is 13.6. The number of hydrogen-bond donors (Lipinski definition) is 2. The molecule has 0 unspecified atom stereocenters. The van der Waals surface area contributed by atoms with Crippen LogP contribution < -0.4 is 15.5 Å². The van der Waals surface area contributed by atoms with Crippen molar-refractivity contribution in [1.29, 1.82) is 0 Å². The minimum absolute atomic E-state index is 0.123. The number of carbonyl (C=O) groups excluding carboxylic acids is 1. The van der Waals surface area contributed by atoms with E-state index in [4.69, 9.17) is 0 Å². The second-order valence-corrected chi connectivity index (χ2v) is 7.59. The van der Waals surface area contributed by atoms with Gasteiger partial charge >= 0.3 is 12.2 Å². The molecule has 0 saturated carbocycles. The summed E-state index contributed by atoms with van der Waals surface area (Å²) >= 11 is 0. The van der Waals surface area contributed by atoms with Crippen LogP contribution in [-0.2, 0) is 6.18 Å². The molecule has 0 aliphatic carbocycles. The molecule has 1 saturated heterocycles. The van der Waals surface area contributed by atoms with Crippen molar-refractivity contribution in [1.82, 2.24) is 9.78 Å². The number of carbonyl (C=O) groups is 1. The van der Waals surface area contributed by atoms with Gasteiger partial charge in [-0.25, -0.2) is 4.79 Å². The van der Waals surface area contributed by atoms with Crippen molar-refractivity contribution in [2.75, 3.05) is 28.6 Å². The smallest absolute Gasteiger partial charge is 0.370 e. The van der Waals surface area contributed by atoms with Crippen LogP contribution in [0.25, 0.3) is 0 Å². The average Bonchev–Trinajstić information content (AvgIpc) is 3.25. The van der Waals surface area contributed by atoms with Crippen LogP contribution in [0.4, 0.5) is 35.0 Å². The lowest BCUT2D eigenvalue weighted by Gasteiger charge is -2.23. The van der Waals surface area contributed by atoms with Crippen LogP contribution in [-0.4, -0.2) is 28.9 Å². The highest BCUT2D eigenvalue weighted by molar-refractivity contribution is 6.02. The fourth-order valence-corrected chi connectivity index (χ4v) is 3.66. The van der Waals surface area contributed by atoms with Crippen molar-refractivity contribution in [3.8, 4) is 0 Å². The van der Waals surface area contributed by atoms with Gasteiger partial charge in [0.1, 0.15) is 0 Å². The van der Waals surface area contributed by atoms with Crippen LogP contribution in [0.2, 0.25) is 0 Å². The lowest BCUT2D eigenvalue weighted by Crippen LogP contribution is -2.24. The highest BCUT2D eigenvalue weighted by Crippen LogP contribution is 2.36. The summed E-state index contributed by atoms with van der Waals surface area (Å²) < 4.78 is 41.4. The fraction of sp³-hybridized carbons (Fsp3) is 0.500. The number of nitrogens with one attached hydrogen (secondary N) is 2. The Labute approximate surface area is 168 Å². The molecule has 1 aromatic heterocycles. The van der Waals surface area contributed by atoms with Gasteiger partial charge in [0.05, 0.1) is 34.0 Å². The summed E-state index contributed by atoms with van der Waals surface area (Å²) in [7, 11) is 0. The summed E-state index contributed by atoms with van der Waals surface area (Å²) in [6.07, 6.45) is -2.54. The first-order valence-corrected chi connectivity index (χ1v) is 9.68. The minimum atomic E-state index is -4.48. The van der Waals surface area contributed by atoms with E-state index in [1.165, 1.54) is 6.07 Å². The fourth-order valence-electron chi connectivity index (χ4n) is 3.66. The third kappa shape index (κ3) is 4.49. The number of rotatable bonds is 4. The largest absolute Gasteiger partial charge is 0.416 e. The van der Waals surface area contributed by atoms with Crippen molar-refractivity contribution in [3.63, 3.8) is 0 Å². The third-order valence-corrected chi connectivity index (χ3v) is 5.07. The third-order valence-electron chi connectivity index (χ3n) is 5.07. The van der Waals surface area contributed by atoms with E-state index in [9.17, 15) is 18.0 Å². The van der Waals surface area contributed by atoms with Gasteiger partial charge in [0.15, 0.2) is 0 Å². The molecule has 2 amide bonds. The van der Waals surface area contributed by atoms with Gasteiger partial charge < -0.3 is 15.5 Å². The molecule has 0 atom stereocenters. The lowest BCUT2D eigenvalue weighted by molar-refractivity contribution is -0.137. The Hall–Kier alpha value is -2.71. The van der Waals surface area contributed by atoms with Gasteiger partial charge in [0.2, 0.25) is 0 Å². The van der Waals surface area contributed by atoms with Gasteiger partial charge in [-0.05, 0) is 58.7 Å². The number of nitrogens with zero attached hydrogens (tertiary/aromatic N) is 3. The van der Waals surface area contributed by atoms with Crippen LogP contribution in [0.5, 0.6) is 0 Å². The maximum atomic E-state index is 13.2. The predicted molar refractivity (Wildman–Crippen MR) is 108 cm³/mol. The SMILES string of the molecule is Cc1nn(C(C)C)c(C)c1NC(=O)Nc1cc(C(F)(F)F)ccc1N1CCCC1. The summed E-state index contributed by atoms with van der Waals surface area (Å²) in [4.78, 5) is 14.6. The molecular weight excluding hydrogens is 383 g/mol. The molecule has 1 aromatic carbocycles. The molecule has 9 heteroatoms. The molecule has 0 radical (unpaired) electrons. The number of amides is 2. The molecule has 0 bridgehead atoms. The Morgan fingerprint density at radius 1 is 1.14 bits per heavy atom. The summed E-state index contributed by atoms with van der Waals surface area (Å²) in [5.41, 5.74) is 1.94. The zero-order valence-corrected chi connectivity index (χ0v) is 17.0. The Kier molecular flexibility index (Phi) is 5.77. The number of alkyl halides is 3. The van der Waals surface area contributed by atoms with E-state index in [-0.39, 0.29) is 11.7 Å². The first-order valence-electron chi connectivity index (χ1n) is 9.68.